The first-order valence-electron chi connectivity index (χ1n) is 10.9. The fourth-order valence-electron chi connectivity index (χ4n) is 3.89. The van der Waals surface area contributed by atoms with Gasteiger partial charge in [0.25, 0.3) is 0 Å². The Kier molecular flexibility index (Phi) is 5.29. The molecular formula is C27H20N6S. The molecule has 0 aliphatic heterocycles. The summed E-state index contributed by atoms with van der Waals surface area (Å²) >= 11 is 1.66. The Hall–Kier alpha value is -4.36. The van der Waals surface area contributed by atoms with Gasteiger partial charge in [0.05, 0.1) is 23.0 Å². The third-order valence-electron chi connectivity index (χ3n) is 5.57. The van der Waals surface area contributed by atoms with Crippen LogP contribution in [0.2, 0.25) is 0 Å². The zero-order valence-electron chi connectivity index (χ0n) is 18.2. The Morgan fingerprint density at radius 1 is 0.824 bits per heavy atom. The van der Waals surface area contributed by atoms with Crippen molar-refractivity contribution < 1.29 is 0 Å². The highest BCUT2D eigenvalue weighted by Crippen LogP contribution is 2.29. The van der Waals surface area contributed by atoms with E-state index in [1.165, 1.54) is 0 Å². The van der Waals surface area contributed by atoms with Gasteiger partial charge in [-0.1, -0.05) is 66.7 Å². The van der Waals surface area contributed by atoms with Gasteiger partial charge in [0.15, 0.2) is 5.65 Å². The Morgan fingerprint density at radius 3 is 2.47 bits per heavy atom. The lowest BCUT2D eigenvalue weighted by molar-refractivity contribution is 0.895. The summed E-state index contributed by atoms with van der Waals surface area (Å²) in [5, 5.41) is 12.0. The molecule has 0 unspecified atom stereocenters. The van der Waals surface area contributed by atoms with E-state index in [9.17, 15) is 0 Å². The average molecular weight is 461 g/mol. The number of anilines is 1. The van der Waals surface area contributed by atoms with Gasteiger partial charge in [-0.05, 0) is 23.8 Å². The Balaban J connectivity index is 1.23. The van der Waals surface area contributed by atoms with Crippen LogP contribution >= 0.6 is 11.3 Å². The summed E-state index contributed by atoms with van der Waals surface area (Å²) in [5.41, 5.74) is 6.13. The maximum absolute atomic E-state index is 4.85. The van der Waals surface area contributed by atoms with Crippen LogP contribution in [-0.4, -0.2) is 24.7 Å². The van der Waals surface area contributed by atoms with Crippen molar-refractivity contribution in [2.75, 3.05) is 5.32 Å². The van der Waals surface area contributed by atoms with Crippen molar-refractivity contribution in [3.63, 3.8) is 0 Å². The van der Waals surface area contributed by atoms with Crippen molar-refractivity contribution in [3.8, 4) is 27.5 Å². The first-order chi connectivity index (χ1) is 16.8. The molecule has 3 aromatic carbocycles. The zero-order valence-corrected chi connectivity index (χ0v) is 19.0. The summed E-state index contributed by atoms with van der Waals surface area (Å²) in [6, 6.07) is 28.7. The van der Waals surface area contributed by atoms with Crippen LogP contribution < -0.4 is 5.32 Å². The van der Waals surface area contributed by atoms with Crippen molar-refractivity contribution in [3.05, 3.63) is 108 Å². The number of rotatable bonds is 6. The molecule has 0 fully saturated rings. The number of hydrogen-bond donors (Lipinski definition) is 1. The van der Waals surface area contributed by atoms with Crippen LogP contribution in [0.3, 0.4) is 0 Å². The number of aromatic nitrogens is 5. The van der Waals surface area contributed by atoms with E-state index in [4.69, 9.17) is 4.98 Å². The zero-order chi connectivity index (χ0) is 22.7. The Morgan fingerprint density at radius 2 is 1.62 bits per heavy atom. The highest BCUT2D eigenvalue weighted by atomic mass is 32.1. The standard InChI is InChI=1S/C27H20N6S/c1-3-9-20(10-4-1)24-17-34-27(32-24)21-11-7-8-19(14-21)15-28-25-23-16-31-33(26(23)30-18-29-25)22-12-5-2-6-13-22/h1-14,16-18H,15H2,(H,28,29,30). The summed E-state index contributed by atoms with van der Waals surface area (Å²) in [6.07, 6.45) is 3.38. The van der Waals surface area contributed by atoms with E-state index < -0.39 is 0 Å². The Labute approximate surface area is 200 Å². The summed E-state index contributed by atoms with van der Waals surface area (Å²) in [4.78, 5) is 13.8. The van der Waals surface area contributed by atoms with E-state index in [0.717, 1.165) is 49.9 Å². The van der Waals surface area contributed by atoms with Crippen LogP contribution in [0.25, 0.3) is 38.5 Å². The monoisotopic (exact) mass is 460 g/mol. The van der Waals surface area contributed by atoms with E-state index in [2.05, 4.69) is 62.2 Å². The van der Waals surface area contributed by atoms with Gasteiger partial charge in [0.2, 0.25) is 0 Å². The molecule has 0 bridgehead atoms. The van der Waals surface area contributed by atoms with E-state index in [0.29, 0.717) is 6.54 Å². The van der Waals surface area contributed by atoms with Gasteiger partial charge in [-0.25, -0.2) is 19.6 Å². The number of nitrogens with zero attached hydrogens (tertiary/aromatic N) is 5. The lowest BCUT2D eigenvalue weighted by Gasteiger charge is -2.08. The van der Waals surface area contributed by atoms with Crippen molar-refractivity contribution in [1.29, 1.82) is 0 Å². The topological polar surface area (TPSA) is 68.5 Å². The predicted octanol–water partition coefficient (Wildman–Crippen LogP) is 6.22. The quantitative estimate of drug-likeness (QED) is 0.320. The van der Waals surface area contributed by atoms with Gasteiger partial charge in [0, 0.05) is 23.1 Å². The van der Waals surface area contributed by atoms with Crippen LogP contribution in [0.15, 0.2) is 103 Å². The van der Waals surface area contributed by atoms with Gasteiger partial charge in [-0.15, -0.1) is 11.3 Å². The Bertz CT molecular complexity index is 1560. The van der Waals surface area contributed by atoms with Crippen molar-refractivity contribution >= 4 is 28.2 Å². The smallest absolute Gasteiger partial charge is 0.168 e. The summed E-state index contributed by atoms with van der Waals surface area (Å²) in [5.74, 6) is 0.762. The molecule has 34 heavy (non-hydrogen) atoms. The molecule has 164 valence electrons. The van der Waals surface area contributed by atoms with Crippen LogP contribution in [0.4, 0.5) is 5.82 Å². The molecule has 6 rings (SSSR count). The maximum Gasteiger partial charge on any atom is 0.168 e. The third kappa shape index (κ3) is 3.93. The lowest BCUT2D eigenvalue weighted by Crippen LogP contribution is -2.03. The summed E-state index contributed by atoms with van der Waals surface area (Å²) in [7, 11) is 0. The molecule has 3 heterocycles. The molecule has 0 aliphatic rings. The molecule has 7 heteroatoms. The lowest BCUT2D eigenvalue weighted by atomic mass is 10.1. The highest BCUT2D eigenvalue weighted by molar-refractivity contribution is 7.13. The minimum atomic E-state index is 0.632. The minimum absolute atomic E-state index is 0.632. The molecule has 0 atom stereocenters. The van der Waals surface area contributed by atoms with Gasteiger partial charge < -0.3 is 5.32 Å². The van der Waals surface area contributed by atoms with Crippen LogP contribution in [0.5, 0.6) is 0 Å². The maximum atomic E-state index is 4.85. The SMILES string of the molecule is c1ccc(-c2csc(-c3cccc(CNc4ncnc5c4cnn5-c4ccccc4)c3)n2)cc1. The molecular weight excluding hydrogens is 440 g/mol. The highest BCUT2D eigenvalue weighted by Gasteiger charge is 2.12. The second-order valence-electron chi connectivity index (χ2n) is 7.81. The summed E-state index contributed by atoms with van der Waals surface area (Å²) < 4.78 is 1.83. The predicted molar refractivity (Wildman–Crippen MR) is 137 cm³/mol. The number of nitrogens with one attached hydrogen (secondary N) is 1. The van der Waals surface area contributed by atoms with Crippen molar-refractivity contribution in [2.45, 2.75) is 6.54 Å². The van der Waals surface area contributed by atoms with E-state index in [-0.39, 0.29) is 0 Å². The molecule has 6 aromatic rings. The number of para-hydroxylation sites is 1. The minimum Gasteiger partial charge on any atom is -0.365 e. The molecule has 1 N–H and O–H groups in total. The van der Waals surface area contributed by atoms with Crippen LogP contribution in [0.1, 0.15) is 5.56 Å². The van der Waals surface area contributed by atoms with Crippen molar-refractivity contribution in [1.82, 2.24) is 24.7 Å². The van der Waals surface area contributed by atoms with E-state index in [1.807, 2.05) is 59.4 Å². The van der Waals surface area contributed by atoms with Crippen LogP contribution in [0, 0.1) is 0 Å². The number of thiazole rings is 1. The van der Waals surface area contributed by atoms with Gasteiger partial charge in [-0.2, -0.15) is 5.10 Å². The molecule has 3 aromatic heterocycles. The molecule has 0 aliphatic carbocycles. The molecule has 0 radical (unpaired) electrons. The first-order valence-corrected chi connectivity index (χ1v) is 11.8. The molecule has 0 saturated carbocycles. The summed E-state index contributed by atoms with van der Waals surface area (Å²) in [6.45, 7) is 0.632. The molecule has 0 spiro atoms. The third-order valence-corrected chi connectivity index (χ3v) is 6.47. The molecule has 0 amide bonds. The normalized spacial score (nSPS) is 11.1. The van der Waals surface area contributed by atoms with E-state index in [1.54, 1.807) is 17.7 Å². The molecule has 0 saturated heterocycles. The second-order valence-corrected chi connectivity index (χ2v) is 8.67. The number of hydrogen-bond acceptors (Lipinski definition) is 6. The number of fused-ring (bicyclic) bond motifs is 1. The first kappa shape index (κ1) is 20.3. The van der Waals surface area contributed by atoms with Crippen molar-refractivity contribution in [2.24, 2.45) is 0 Å². The average Bonchev–Trinajstić information content (AvgIpc) is 3.57. The van der Waals surface area contributed by atoms with Gasteiger partial charge in [0.1, 0.15) is 17.2 Å². The van der Waals surface area contributed by atoms with Gasteiger partial charge >= 0.3 is 0 Å². The second kappa shape index (κ2) is 8.88. The fraction of sp³-hybridized carbons (Fsp3) is 0.0370. The van der Waals surface area contributed by atoms with Gasteiger partial charge in [-0.3, -0.25) is 0 Å². The van der Waals surface area contributed by atoms with Crippen LogP contribution in [-0.2, 0) is 6.54 Å². The fourth-order valence-corrected chi connectivity index (χ4v) is 4.72. The van der Waals surface area contributed by atoms with E-state index >= 15 is 0 Å². The largest absolute Gasteiger partial charge is 0.365 e. The molecule has 6 nitrogen and oxygen atoms in total. The number of benzene rings is 3.